The van der Waals surface area contributed by atoms with E-state index in [4.69, 9.17) is 0 Å². The van der Waals surface area contributed by atoms with Gasteiger partial charge in [-0.25, -0.2) is 0 Å². The van der Waals surface area contributed by atoms with E-state index in [-0.39, 0.29) is 34.0 Å². The van der Waals surface area contributed by atoms with Crippen molar-refractivity contribution in [2.75, 3.05) is 0 Å². The molecule has 0 unspecified atom stereocenters. The molecule has 0 aliphatic carbocycles. The summed E-state index contributed by atoms with van der Waals surface area (Å²) in [7, 11) is 0. The number of halogens is 2. The average Bonchev–Trinajstić information content (AvgIpc) is 2.10. The van der Waals surface area contributed by atoms with Crippen molar-refractivity contribution < 1.29 is 0 Å². The van der Waals surface area contributed by atoms with Crippen molar-refractivity contribution in [3.63, 3.8) is 0 Å². The molecule has 0 saturated heterocycles. The summed E-state index contributed by atoms with van der Waals surface area (Å²) < 4.78 is 0. The smallest absolute Gasteiger partial charge is 0.0533 e. The number of unbranched alkanes of at least 4 members (excludes halogenated alkanes) is 9. The molecule has 14 heavy (non-hydrogen) atoms. The van der Waals surface area contributed by atoms with Gasteiger partial charge in [0, 0.05) is 0 Å². The van der Waals surface area contributed by atoms with E-state index in [9.17, 15) is 0 Å². The summed E-state index contributed by atoms with van der Waals surface area (Å²) >= 11 is 0. The van der Waals surface area contributed by atoms with E-state index < -0.39 is 0 Å². The minimum atomic E-state index is 0. The molecule has 0 aliphatic heterocycles. The predicted molar refractivity (Wildman–Crippen MR) is 78.2 cm³/mol. The van der Waals surface area contributed by atoms with Crippen LogP contribution in [-0.4, -0.2) is 0 Å². The summed E-state index contributed by atoms with van der Waals surface area (Å²) in [5, 5.41) is 0. The maximum Gasteiger partial charge on any atom is -0.0533 e. The fourth-order valence-electron chi connectivity index (χ4n) is 1.56. The van der Waals surface area contributed by atoms with Gasteiger partial charge >= 0.3 is 0 Å². The summed E-state index contributed by atoms with van der Waals surface area (Å²) in [5.74, 6) is 0. The fourth-order valence-corrected chi connectivity index (χ4v) is 1.56. The SMILES string of the molecule is Br.Br.CCCCCCCCCCCC. The first-order valence-electron chi connectivity index (χ1n) is 5.91. The predicted octanol–water partition coefficient (Wildman–Crippen LogP) is 6.08. The second-order valence-electron chi connectivity index (χ2n) is 3.83. The molecule has 0 spiro atoms. The van der Waals surface area contributed by atoms with Crippen LogP contribution in [0.15, 0.2) is 0 Å². The second kappa shape index (κ2) is 19.5. The zero-order valence-electron chi connectivity index (χ0n) is 9.89. The summed E-state index contributed by atoms with van der Waals surface area (Å²) in [5.41, 5.74) is 0. The van der Waals surface area contributed by atoms with E-state index in [1.165, 1.54) is 64.2 Å². The molecule has 0 rings (SSSR count). The van der Waals surface area contributed by atoms with Crippen molar-refractivity contribution in [1.82, 2.24) is 0 Å². The standard InChI is InChI=1S/C12H26.2BrH/c1-3-5-7-9-11-12-10-8-6-4-2;;/h3-12H2,1-2H3;2*1H. The van der Waals surface area contributed by atoms with E-state index >= 15 is 0 Å². The highest BCUT2D eigenvalue weighted by molar-refractivity contribution is 8.93. The molecule has 0 aromatic rings. The molecule has 0 bridgehead atoms. The highest BCUT2D eigenvalue weighted by atomic mass is 79.9. The van der Waals surface area contributed by atoms with Crippen molar-refractivity contribution >= 4 is 34.0 Å². The number of rotatable bonds is 9. The van der Waals surface area contributed by atoms with Crippen LogP contribution in [0.5, 0.6) is 0 Å². The van der Waals surface area contributed by atoms with Gasteiger partial charge in [-0.15, -0.1) is 34.0 Å². The van der Waals surface area contributed by atoms with Crippen molar-refractivity contribution in [3.8, 4) is 0 Å². The Hall–Kier alpha value is 0.960. The third-order valence-electron chi connectivity index (χ3n) is 2.46. The first kappa shape index (κ1) is 20.4. The Bertz CT molecular complexity index is 64.7. The van der Waals surface area contributed by atoms with Gasteiger partial charge in [-0.2, -0.15) is 0 Å². The molecule has 0 radical (unpaired) electrons. The molecule has 0 amide bonds. The van der Waals surface area contributed by atoms with Crippen LogP contribution in [0.1, 0.15) is 78.1 Å². The van der Waals surface area contributed by atoms with Gasteiger partial charge in [-0.3, -0.25) is 0 Å². The van der Waals surface area contributed by atoms with Gasteiger partial charge in [0.25, 0.3) is 0 Å². The lowest BCUT2D eigenvalue weighted by molar-refractivity contribution is 0.562. The molecular weight excluding hydrogens is 304 g/mol. The van der Waals surface area contributed by atoms with Gasteiger partial charge in [0.15, 0.2) is 0 Å². The molecule has 0 atom stereocenters. The van der Waals surface area contributed by atoms with E-state index in [1.807, 2.05) is 0 Å². The van der Waals surface area contributed by atoms with Gasteiger partial charge in [-0.05, 0) is 0 Å². The molecule has 0 heterocycles. The molecular formula is C12H28Br2. The lowest BCUT2D eigenvalue weighted by Crippen LogP contribution is -1.80. The summed E-state index contributed by atoms with van der Waals surface area (Å²) in [4.78, 5) is 0. The molecule has 90 valence electrons. The zero-order valence-corrected chi connectivity index (χ0v) is 13.3. The van der Waals surface area contributed by atoms with Gasteiger partial charge in [-0.1, -0.05) is 78.1 Å². The van der Waals surface area contributed by atoms with Gasteiger partial charge < -0.3 is 0 Å². The Morgan fingerprint density at radius 1 is 0.429 bits per heavy atom. The fraction of sp³-hybridized carbons (Fsp3) is 1.00. The third-order valence-corrected chi connectivity index (χ3v) is 2.46. The molecule has 0 N–H and O–H groups in total. The number of hydrogen-bond acceptors (Lipinski definition) is 0. The topological polar surface area (TPSA) is 0 Å². The summed E-state index contributed by atoms with van der Waals surface area (Å²) in [6.07, 6.45) is 14.4. The Kier molecular flexibility index (Phi) is 28.4. The molecule has 0 nitrogen and oxygen atoms in total. The van der Waals surface area contributed by atoms with E-state index in [0.29, 0.717) is 0 Å². The Balaban J connectivity index is -0.000000605. The van der Waals surface area contributed by atoms with Crippen molar-refractivity contribution in [2.45, 2.75) is 78.1 Å². The lowest BCUT2D eigenvalue weighted by Gasteiger charge is -1.99. The van der Waals surface area contributed by atoms with Crippen LogP contribution in [0.4, 0.5) is 0 Å². The van der Waals surface area contributed by atoms with E-state index in [2.05, 4.69) is 13.8 Å². The quantitative estimate of drug-likeness (QED) is 0.449. The summed E-state index contributed by atoms with van der Waals surface area (Å²) in [6.45, 7) is 4.56. The zero-order chi connectivity index (χ0) is 9.07. The molecule has 0 aliphatic rings. The average molecular weight is 332 g/mol. The molecule has 0 aromatic heterocycles. The number of hydrogen-bond donors (Lipinski definition) is 0. The van der Waals surface area contributed by atoms with Crippen LogP contribution in [0, 0.1) is 0 Å². The highest BCUT2D eigenvalue weighted by Crippen LogP contribution is 2.09. The van der Waals surface area contributed by atoms with E-state index in [0.717, 1.165) is 0 Å². The molecule has 0 aromatic carbocycles. The highest BCUT2D eigenvalue weighted by Gasteiger charge is 1.90. The first-order valence-corrected chi connectivity index (χ1v) is 5.91. The molecule has 0 saturated carbocycles. The normalized spacial score (nSPS) is 9.00. The van der Waals surface area contributed by atoms with Crippen molar-refractivity contribution in [2.24, 2.45) is 0 Å². The molecule has 0 fully saturated rings. The van der Waals surface area contributed by atoms with Crippen molar-refractivity contribution in [3.05, 3.63) is 0 Å². The van der Waals surface area contributed by atoms with Crippen LogP contribution in [0.3, 0.4) is 0 Å². The Morgan fingerprint density at radius 3 is 0.857 bits per heavy atom. The monoisotopic (exact) mass is 330 g/mol. The minimum absolute atomic E-state index is 0. The third kappa shape index (κ3) is 18.7. The minimum Gasteiger partial charge on any atom is -0.114 e. The Morgan fingerprint density at radius 2 is 0.643 bits per heavy atom. The van der Waals surface area contributed by atoms with Gasteiger partial charge in [0.2, 0.25) is 0 Å². The largest absolute Gasteiger partial charge is 0.114 e. The first-order chi connectivity index (χ1) is 5.91. The Labute approximate surface area is 112 Å². The van der Waals surface area contributed by atoms with Gasteiger partial charge in [0.1, 0.15) is 0 Å². The van der Waals surface area contributed by atoms with Crippen molar-refractivity contribution in [1.29, 1.82) is 0 Å². The molecule has 2 heteroatoms. The second-order valence-corrected chi connectivity index (χ2v) is 3.83. The maximum atomic E-state index is 2.28. The van der Waals surface area contributed by atoms with E-state index in [1.54, 1.807) is 0 Å². The van der Waals surface area contributed by atoms with Crippen LogP contribution in [0.25, 0.3) is 0 Å². The van der Waals surface area contributed by atoms with Gasteiger partial charge in [0.05, 0.1) is 0 Å². The lowest BCUT2D eigenvalue weighted by atomic mass is 10.1. The maximum absolute atomic E-state index is 2.28. The van der Waals surface area contributed by atoms with Crippen LogP contribution in [-0.2, 0) is 0 Å². The van der Waals surface area contributed by atoms with Crippen LogP contribution in [0.2, 0.25) is 0 Å². The summed E-state index contributed by atoms with van der Waals surface area (Å²) in [6, 6.07) is 0. The van der Waals surface area contributed by atoms with Crippen LogP contribution < -0.4 is 0 Å². The van der Waals surface area contributed by atoms with Crippen LogP contribution >= 0.6 is 34.0 Å².